The molecule has 9 heteroatoms. The number of pyridine rings is 1. The fraction of sp³-hybridized carbons (Fsp3) is 0.429. The van der Waals surface area contributed by atoms with Gasteiger partial charge in [0, 0.05) is 25.8 Å². The molecule has 4 rings (SSSR count). The second-order valence-electron chi connectivity index (χ2n) is 7.63. The number of aryl methyl sites for hydroxylation is 1. The molecule has 2 fully saturated rings. The maximum absolute atomic E-state index is 13.5. The van der Waals surface area contributed by atoms with Crippen molar-refractivity contribution in [3.8, 4) is 0 Å². The minimum Gasteiger partial charge on any atom is -0.372 e. The summed E-state index contributed by atoms with van der Waals surface area (Å²) < 4.78 is 7.91. The topological polar surface area (TPSA) is 67.2 Å². The average Bonchev–Trinajstić information content (AvgIpc) is 2.96. The van der Waals surface area contributed by atoms with Crippen molar-refractivity contribution in [2.75, 3.05) is 24.5 Å². The van der Waals surface area contributed by atoms with Crippen molar-refractivity contribution in [1.29, 1.82) is 0 Å². The molecule has 158 valence electrons. The number of thiocarbonyl (C=S) groups is 1. The summed E-state index contributed by atoms with van der Waals surface area (Å²) in [6.45, 7) is 9.57. The Hall–Kier alpha value is -2.23. The molecule has 2 aromatic heterocycles. The van der Waals surface area contributed by atoms with Crippen LogP contribution < -0.4 is 10.5 Å². The number of carbonyl (C=O) groups excluding carboxylic acids is 1. The number of fused-ring (bicyclic) bond motifs is 1. The van der Waals surface area contributed by atoms with Crippen LogP contribution in [0.1, 0.15) is 31.9 Å². The number of amides is 1. The van der Waals surface area contributed by atoms with Crippen LogP contribution >= 0.6 is 24.0 Å². The standard InChI is InChI=1S/C21H24N4O3S2/c1-5-24-20(27)16(30-21(24)29)9-15-18(23-10-13(3)28-14(4)11-23)22-17-12(2)7-6-8-25(17)19(15)26/h6-9,13-14H,5,10-11H2,1-4H3. The second-order valence-corrected chi connectivity index (χ2v) is 9.30. The third kappa shape index (κ3) is 3.66. The molecule has 0 aromatic carbocycles. The number of likely N-dealkylation sites (N-methyl/N-ethyl adjacent to an activating group) is 1. The molecule has 2 atom stereocenters. The minimum absolute atomic E-state index is 0.0111. The average molecular weight is 445 g/mol. The molecule has 0 bridgehead atoms. The van der Waals surface area contributed by atoms with Crippen LogP contribution in [0.2, 0.25) is 0 Å². The highest BCUT2D eigenvalue weighted by Gasteiger charge is 2.32. The Kier molecular flexibility index (Phi) is 5.69. The largest absolute Gasteiger partial charge is 0.372 e. The quantitative estimate of drug-likeness (QED) is 0.533. The molecule has 2 aliphatic rings. The van der Waals surface area contributed by atoms with Crippen LogP contribution in [0.4, 0.5) is 5.82 Å². The van der Waals surface area contributed by atoms with E-state index in [-0.39, 0.29) is 23.7 Å². The summed E-state index contributed by atoms with van der Waals surface area (Å²) in [6.07, 6.45) is 3.38. The highest BCUT2D eigenvalue weighted by atomic mass is 32.2. The summed E-state index contributed by atoms with van der Waals surface area (Å²) in [6, 6.07) is 3.76. The molecular formula is C21H24N4O3S2. The van der Waals surface area contributed by atoms with Crippen molar-refractivity contribution in [1.82, 2.24) is 14.3 Å². The predicted molar refractivity (Wildman–Crippen MR) is 124 cm³/mol. The number of carbonyl (C=O) groups is 1. The van der Waals surface area contributed by atoms with E-state index in [1.807, 2.05) is 39.8 Å². The van der Waals surface area contributed by atoms with Gasteiger partial charge >= 0.3 is 0 Å². The minimum atomic E-state index is -0.202. The summed E-state index contributed by atoms with van der Waals surface area (Å²) >= 11 is 6.55. The number of anilines is 1. The predicted octanol–water partition coefficient (Wildman–Crippen LogP) is 2.84. The summed E-state index contributed by atoms with van der Waals surface area (Å²) in [7, 11) is 0. The Bertz CT molecular complexity index is 1120. The van der Waals surface area contributed by atoms with E-state index in [1.165, 1.54) is 11.8 Å². The molecule has 2 aliphatic heterocycles. The van der Waals surface area contributed by atoms with E-state index in [2.05, 4.69) is 4.90 Å². The van der Waals surface area contributed by atoms with Crippen molar-refractivity contribution in [3.05, 3.63) is 44.7 Å². The molecule has 2 aromatic rings. The number of rotatable bonds is 3. The van der Waals surface area contributed by atoms with Crippen LogP contribution in [-0.2, 0) is 9.53 Å². The normalized spacial score (nSPS) is 23.8. The van der Waals surface area contributed by atoms with Gasteiger partial charge in [-0.05, 0) is 45.4 Å². The lowest BCUT2D eigenvalue weighted by molar-refractivity contribution is -0.121. The van der Waals surface area contributed by atoms with Crippen molar-refractivity contribution < 1.29 is 9.53 Å². The highest BCUT2D eigenvalue weighted by molar-refractivity contribution is 8.26. The van der Waals surface area contributed by atoms with E-state index in [0.717, 1.165) is 5.56 Å². The second kappa shape index (κ2) is 8.13. The van der Waals surface area contributed by atoms with Crippen LogP contribution in [0.5, 0.6) is 0 Å². The molecule has 0 aliphatic carbocycles. The van der Waals surface area contributed by atoms with Gasteiger partial charge in [-0.1, -0.05) is 30.0 Å². The van der Waals surface area contributed by atoms with Crippen molar-refractivity contribution in [2.45, 2.75) is 39.9 Å². The Morgan fingerprint density at radius 1 is 1.30 bits per heavy atom. The summed E-state index contributed by atoms with van der Waals surface area (Å²) in [5.41, 5.74) is 1.72. The van der Waals surface area contributed by atoms with Crippen LogP contribution in [0.15, 0.2) is 28.0 Å². The Balaban J connectivity index is 1.92. The molecule has 0 N–H and O–H groups in total. The fourth-order valence-corrected chi connectivity index (χ4v) is 5.29. The first-order valence-electron chi connectivity index (χ1n) is 9.98. The van der Waals surface area contributed by atoms with Gasteiger partial charge in [-0.15, -0.1) is 0 Å². The SMILES string of the molecule is CCN1C(=O)C(=Cc2c(N3CC(C)OC(C)C3)nc3c(C)cccn3c2=O)SC1=S. The van der Waals surface area contributed by atoms with Crippen LogP contribution in [0.3, 0.4) is 0 Å². The number of aromatic nitrogens is 2. The van der Waals surface area contributed by atoms with E-state index in [4.69, 9.17) is 21.9 Å². The Labute approximate surface area is 184 Å². The first-order chi connectivity index (χ1) is 14.3. The van der Waals surface area contributed by atoms with Crippen molar-refractivity contribution >= 4 is 51.7 Å². The summed E-state index contributed by atoms with van der Waals surface area (Å²) in [5, 5.41) is 0. The van der Waals surface area contributed by atoms with Gasteiger partial charge in [0.05, 0.1) is 22.7 Å². The number of nitrogens with zero attached hydrogens (tertiary/aromatic N) is 4. The van der Waals surface area contributed by atoms with Crippen molar-refractivity contribution in [3.63, 3.8) is 0 Å². The zero-order chi connectivity index (χ0) is 21.6. The van der Waals surface area contributed by atoms with Crippen LogP contribution in [0.25, 0.3) is 11.7 Å². The van der Waals surface area contributed by atoms with Gasteiger partial charge in [-0.25, -0.2) is 4.98 Å². The zero-order valence-electron chi connectivity index (χ0n) is 17.4. The highest BCUT2D eigenvalue weighted by Crippen LogP contribution is 2.33. The zero-order valence-corrected chi connectivity index (χ0v) is 19.0. The van der Waals surface area contributed by atoms with Gasteiger partial charge in [0.15, 0.2) is 0 Å². The molecular weight excluding hydrogens is 420 g/mol. The van der Waals surface area contributed by atoms with E-state index in [0.29, 0.717) is 45.9 Å². The van der Waals surface area contributed by atoms with Gasteiger partial charge in [0.2, 0.25) is 0 Å². The first kappa shape index (κ1) is 21.0. The number of hydrogen-bond acceptors (Lipinski definition) is 7. The molecule has 2 unspecified atom stereocenters. The van der Waals surface area contributed by atoms with E-state index in [1.54, 1.807) is 21.6 Å². The molecule has 2 saturated heterocycles. The lowest BCUT2D eigenvalue weighted by Crippen LogP contribution is -2.46. The number of hydrogen-bond donors (Lipinski definition) is 0. The first-order valence-corrected chi connectivity index (χ1v) is 11.2. The maximum Gasteiger partial charge on any atom is 0.267 e. The Morgan fingerprint density at radius 2 is 2.00 bits per heavy atom. The van der Waals surface area contributed by atoms with E-state index >= 15 is 0 Å². The number of morpholine rings is 1. The molecule has 0 spiro atoms. The molecule has 30 heavy (non-hydrogen) atoms. The van der Waals surface area contributed by atoms with Crippen LogP contribution in [-0.4, -0.2) is 56.4 Å². The van der Waals surface area contributed by atoms with Gasteiger partial charge < -0.3 is 9.64 Å². The molecule has 1 amide bonds. The Morgan fingerprint density at radius 3 is 2.63 bits per heavy atom. The van der Waals surface area contributed by atoms with Gasteiger partial charge in [-0.3, -0.25) is 18.9 Å². The smallest absolute Gasteiger partial charge is 0.267 e. The third-order valence-corrected chi connectivity index (χ3v) is 6.63. The summed E-state index contributed by atoms with van der Waals surface area (Å²) in [4.78, 5) is 35.2. The van der Waals surface area contributed by atoms with E-state index < -0.39 is 0 Å². The number of thioether (sulfide) groups is 1. The van der Waals surface area contributed by atoms with Crippen molar-refractivity contribution in [2.24, 2.45) is 0 Å². The number of ether oxygens (including phenoxy) is 1. The molecule has 0 saturated carbocycles. The van der Waals surface area contributed by atoms with Gasteiger partial charge in [0.25, 0.3) is 11.5 Å². The molecule has 4 heterocycles. The summed E-state index contributed by atoms with van der Waals surface area (Å²) in [5.74, 6) is 0.411. The fourth-order valence-electron chi connectivity index (χ4n) is 3.92. The monoisotopic (exact) mass is 444 g/mol. The third-order valence-electron chi connectivity index (χ3n) is 5.25. The maximum atomic E-state index is 13.5. The van der Waals surface area contributed by atoms with E-state index in [9.17, 15) is 9.59 Å². The van der Waals surface area contributed by atoms with Gasteiger partial charge in [0.1, 0.15) is 15.8 Å². The van der Waals surface area contributed by atoms with Gasteiger partial charge in [-0.2, -0.15) is 0 Å². The molecule has 0 radical (unpaired) electrons. The van der Waals surface area contributed by atoms with Crippen LogP contribution in [0, 0.1) is 6.92 Å². The lowest BCUT2D eigenvalue weighted by Gasteiger charge is -2.36. The lowest BCUT2D eigenvalue weighted by atomic mass is 10.1. The molecule has 7 nitrogen and oxygen atoms in total.